The Morgan fingerprint density at radius 3 is 2.76 bits per heavy atom. The second-order valence-electron chi connectivity index (χ2n) is 7.67. The molecule has 1 fully saturated rings. The van der Waals surface area contributed by atoms with Gasteiger partial charge in [0.25, 0.3) is 5.91 Å². The molecule has 2 aromatic carbocycles. The van der Waals surface area contributed by atoms with Gasteiger partial charge < -0.3 is 24.1 Å². The molecule has 1 aliphatic rings. The minimum Gasteiger partial charge on any atom is -0.497 e. The number of methoxy groups -OCH3 is 2. The summed E-state index contributed by atoms with van der Waals surface area (Å²) in [6.45, 7) is 1.68. The van der Waals surface area contributed by atoms with Crippen molar-refractivity contribution in [3.8, 4) is 11.5 Å². The highest BCUT2D eigenvalue weighted by atomic mass is 32.2. The molecular formula is C24H28N4O4S. The summed E-state index contributed by atoms with van der Waals surface area (Å²) in [7, 11) is 3.10. The maximum absolute atomic E-state index is 12.9. The predicted octanol–water partition coefficient (Wildman–Crippen LogP) is 3.54. The van der Waals surface area contributed by atoms with Gasteiger partial charge in [0.05, 0.1) is 39.0 Å². The van der Waals surface area contributed by atoms with Crippen molar-refractivity contribution in [3.63, 3.8) is 0 Å². The third-order valence-electron chi connectivity index (χ3n) is 5.46. The van der Waals surface area contributed by atoms with E-state index in [4.69, 9.17) is 14.2 Å². The average molecular weight is 469 g/mol. The fourth-order valence-corrected chi connectivity index (χ4v) is 4.69. The number of hydrogen-bond acceptors (Lipinski definition) is 7. The molecule has 1 aliphatic heterocycles. The van der Waals surface area contributed by atoms with Gasteiger partial charge in [0, 0.05) is 12.4 Å². The van der Waals surface area contributed by atoms with E-state index in [1.54, 1.807) is 37.1 Å². The fourth-order valence-electron chi connectivity index (χ4n) is 3.67. The van der Waals surface area contributed by atoms with Gasteiger partial charge in [-0.1, -0.05) is 42.1 Å². The number of aromatic nitrogens is 3. The first kappa shape index (κ1) is 23.1. The van der Waals surface area contributed by atoms with Gasteiger partial charge in [0.15, 0.2) is 11.0 Å². The monoisotopic (exact) mass is 468 g/mol. The SMILES string of the molecule is COc1ccc(OC)c(C(=O)NCc2nnc(SC[C@H]3CCCO3)n2Cc2ccccc2)c1. The van der Waals surface area contributed by atoms with Crippen molar-refractivity contribution < 1.29 is 19.0 Å². The van der Waals surface area contributed by atoms with Crippen LogP contribution >= 0.6 is 11.8 Å². The molecule has 1 N–H and O–H groups in total. The molecule has 8 nitrogen and oxygen atoms in total. The van der Waals surface area contributed by atoms with E-state index in [0.717, 1.165) is 35.9 Å². The number of carbonyl (C=O) groups is 1. The van der Waals surface area contributed by atoms with Gasteiger partial charge >= 0.3 is 0 Å². The van der Waals surface area contributed by atoms with Crippen molar-refractivity contribution in [1.82, 2.24) is 20.1 Å². The van der Waals surface area contributed by atoms with Gasteiger partial charge in [0.2, 0.25) is 0 Å². The molecule has 1 aromatic heterocycles. The molecule has 0 radical (unpaired) electrons. The summed E-state index contributed by atoms with van der Waals surface area (Å²) in [5, 5.41) is 12.6. The summed E-state index contributed by atoms with van der Waals surface area (Å²) in [6.07, 6.45) is 2.43. The Morgan fingerprint density at radius 1 is 1.18 bits per heavy atom. The number of benzene rings is 2. The van der Waals surface area contributed by atoms with Crippen molar-refractivity contribution in [2.45, 2.75) is 37.2 Å². The van der Waals surface area contributed by atoms with E-state index in [1.165, 1.54) is 7.11 Å². The first-order valence-corrected chi connectivity index (χ1v) is 11.9. The van der Waals surface area contributed by atoms with Crippen LogP contribution in [0.3, 0.4) is 0 Å². The molecule has 0 aliphatic carbocycles. The third-order valence-corrected chi connectivity index (χ3v) is 6.56. The highest BCUT2D eigenvalue weighted by Crippen LogP contribution is 2.25. The molecule has 33 heavy (non-hydrogen) atoms. The van der Waals surface area contributed by atoms with Crippen molar-refractivity contribution >= 4 is 17.7 Å². The minimum absolute atomic E-state index is 0.236. The Kier molecular flexibility index (Phi) is 7.85. The van der Waals surface area contributed by atoms with Crippen LogP contribution in [0, 0.1) is 0 Å². The van der Waals surface area contributed by atoms with Gasteiger partial charge in [0.1, 0.15) is 11.5 Å². The molecule has 0 saturated carbocycles. The van der Waals surface area contributed by atoms with Crippen LogP contribution in [0.25, 0.3) is 0 Å². The summed E-state index contributed by atoms with van der Waals surface area (Å²) in [6, 6.07) is 15.3. The van der Waals surface area contributed by atoms with E-state index in [0.29, 0.717) is 29.4 Å². The van der Waals surface area contributed by atoms with Crippen LogP contribution in [0.4, 0.5) is 0 Å². The Bertz CT molecular complexity index is 1070. The first-order valence-electron chi connectivity index (χ1n) is 10.9. The highest BCUT2D eigenvalue weighted by molar-refractivity contribution is 7.99. The molecule has 0 bridgehead atoms. The molecule has 0 unspecified atom stereocenters. The van der Waals surface area contributed by atoms with E-state index in [9.17, 15) is 4.79 Å². The van der Waals surface area contributed by atoms with E-state index in [2.05, 4.69) is 32.2 Å². The van der Waals surface area contributed by atoms with Crippen molar-refractivity contribution in [2.24, 2.45) is 0 Å². The lowest BCUT2D eigenvalue weighted by atomic mass is 10.1. The molecule has 2 heterocycles. The lowest BCUT2D eigenvalue weighted by Gasteiger charge is -2.13. The van der Waals surface area contributed by atoms with E-state index >= 15 is 0 Å². The summed E-state index contributed by atoms with van der Waals surface area (Å²) in [5.74, 6) is 2.31. The largest absolute Gasteiger partial charge is 0.497 e. The standard InChI is InChI=1S/C24H28N4O4S/c1-30-18-10-11-21(31-2)20(13-18)23(29)25-14-22-26-27-24(33-16-19-9-6-12-32-19)28(22)15-17-7-4-3-5-8-17/h3-5,7-8,10-11,13,19H,6,9,12,14-16H2,1-2H3,(H,25,29)/t19-/m1/s1. The maximum atomic E-state index is 12.9. The first-order chi connectivity index (χ1) is 16.2. The van der Waals surface area contributed by atoms with Crippen LogP contribution in [-0.4, -0.2) is 53.4 Å². The van der Waals surface area contributed by atoms with Crippen molar-refractivity contribution in [1.29, 1.82) is 0 Å². The molecule has 1 saturated heterocycles. The number of carbonyl (C=O) groups excluding carboxylic acids is 1. The number of amides is 1. The Hall–Kier alpha value is -3.04. The van der Waals surface area contributed by atoms with E-state index in [-0.39, 0.29) is 18.6 Å². The second-order valence-corrected chi connectivity index (χ2v) is 8.65. The Morgan fingerprint density at radius 2 is 2.03 bits per heavy atom. The van der Waals surface area contributed by atoms with Crippen LogP contribution < -0.4 is 14.8 Å². The molecule has 3 aromatic rings. The number of thioether (sulfide) groups is 1. The van der Waals surface area contributed by atoms with E-state index < -0.39 is 0 Å². The molecule has 1 atom stereocenters. The summed E-state index contributed by atoms with van der Waals surface area (Å²) >= 11 is 1.64. The smallest absolute Gasteiger partial charge is 0.255 e. The molecule has 4 rings (SSSR count). The van der Waals surface area contributed by atoms with E-state index in [1.807, 2.05) is 18.2 Å². The second kappa shape index (κ2) is 11.2. The average Bonchev–Trinajstić information content (AvgIpc) is 3.51. The lowest BCUT2D eigenvalue weighted by molar-refractivity contribution is 0.0946. The number of hydrogen-bond donors (Lipinski definition) is 1. The van der Waals surface area contributed by atoms with Gasteiger partial charge in [-0.2, -0.15) is 0 Å². The molecule has 174 valence electrons. The zero-order chi connectivity index (χ0) is 23.0. The van der Waals surface area contributed by atoms with Gasteiger partial charge in [-0.15, -0.1) is 10.2 Å². The molecule has 0 spiro atoms. The molecule has 9 heteroatoms. The topological polar surface area (TPSA) is 87.5 Å². The van der Waals surface area contributed by atoms with Gasteiger partial charge in [-0.3, -0.25) is 4.79 Å². The minimum atomic E-state index is -0.270. The Balaban J connectivity index is 1.51. The summed E-state index contributed by atoms with van der Waals surface area (Å²) < 4.78 is 18.4. The molecular weight excluding hydrogens is 440 g/mol. The van der Waals surface area contributed by atoms with Gasteiger partial charge in [-0.25, -0.2) is 0 Å². The van der Waals surface area contributed by atoms with Crippen molar-refractivity contribution in [3.05, 3.63) is 65.5 Å². The lowest BCUT2D eigenvalue weighted by Crippen LogP contribution is -2.25. The maximum Gasteiger partial charge on any atom is 0.255 e. The van der Waals surface area contributed by atoms with Crippen molar-refractivity contribution in [2.75, 3.05) is 26.6 Å². The summed E-state index contributed by atoms with van der Waals surface area (Å²) in [4.78, 5) is 12.9. The highest BCUT2D eigenvalue weighted by Gasteiger charge is 2.20. The van der Waals surface area contributed by atoms with Crippen LogP contribution in [0.1, 0.15) is 34.6 Å². The molecule has 1 amide bonds. The Labute approximate surface area is 197 Å². The normalized spacial score (nSPS) is 15.4. The number of rotatable bonds is 10. The number of nitrogens with one attached hydrogen (secondary N) is 1. The van der Waals surface area contributed by atoms with Crippen LogP contribution in [-0.2, 0) is 17.8 Å². The number of nitrogens with zero attached hydrogens (tertiary/aromatic N) is 3. The predicted molar refractivity (Wildman–Crippen MR) is 126 cm³/mol. The third kappa shape index (κ3) is 5.85. The zero-order valence-corrected chi connectivity index (χ0v) is 19.6. The summed E-state index contributed by atoms with van der Waals surface area (Å²) in [5.41, 5.74) is 1.54. The zero-order valence-electron chi connectivity index (χ0n) is 18.8. The van der Waals surface area contributed by atoms with Gasteiger partial charge in [-0.05, 0) is 36.6 Å². The fraction of sp³-hybridized carbons (Fsp3) is 0.375. The number of ether oxygens (including phenoxy) is 3. The van der Waals surface area contributed by atoms with Crippen LogP contribution in [0.15, 0.2) is 53.7 Å². The van der Waals surface area contributed by atoms with Crippen LogP contribution in [0.2, 0.25) is 0 Å². The van der Waals surface area contributed by atoms with Crippen LogP contribution in [0.5, 0.6) is 11.5 Å². The quantitative estimate of drug-likeness (QED) is 0.455.